The van der Waals surface area contributed by atoms with Crippen LogP contribution >= 0.6 is 11.3 Å². The maximum Gasteiger partial charge on any atom is 0.355 e. The van der Waals surface area contributed by atoms with Crippen molar-refractivity contribution < 1.29 is 14.7 Å². The van der Waals surface area contributed by atoms with Gasteiger partial charge in [0.2, 0.25) is 5.91 Å². The average molecular weight is 295 g/mol. The number of carbonyl (C=O) groups excluding carboxylic acids is 1. The number of rotatable bonds is 5. The molecule has 0 aromatic carbocycles. The van der Waals surface area contributed by atoms with Crippen molar-refractivity contribution in [2.24, 2.45) is 0 Å². The standard InChI is InChI=1S/C11H13N5O3S/c1-6(10-15-8(3-20-10)11(18)19)14-9(17)7(2)16-5-12-4-13-16/h3-7H,1-2H3,(H,14,17)(H,18,19). The van der Waals surface area contributed by atoms with Crippen molar-refractivity contribution in [2.45, 2.75) is 25.9 Å². The molecule has 1 amide bonds. The fraction of sp³-hybridized carbons (Fsp3) is 0.364. The van der Waals surface area contributed by atoms with Crippen LogP contribution in [0, 0.1) is 0 Å². The Bertz CT molecular complexity index is 609. The third kappa shape index (κ3) is 2.99. The molecule has 2 N–H and O–H groups in total. The van der Waals surface area contributed by atoms with Crippen LogP contribution in [0.5, 0.6) is 0 Å². The number of carbonyl (C=O) groups is 2. The van der Waals surface area contributed by atoms with Crippen LogP contribution in [0.15, 0.2) is 18.0 Å². The van der Waals surface area contributed by atoms with E-state index in [9.17, 15) is 9.59 Å². The third-order valence-electron chi connectivity index (χ3n) is 2.68. The minimum Gasteiger partial charge on any atom is -0.476 e. The topological polar surface area (TPSA) is 110 Å². The van der Waals surface area contributed by atoms with E-state index in [0.29, 0.717) is 5.01 Å². The molecule has 0 spiro atoms. The first-order valence-electron chi connectivity index (χ1n) is 5.82. The number of hydrogen-bond acceptors (Lipinski definition) is 6. The van der Waals surface area contributed by atoms with E-state index >= 15 is 0 Å². The lowest BCUT2D eigenvalue weighted by molar-refractivity contribution is -0.124. The number of aromatic carboxylic acids is 1. The van der Waals surface area contributed by atoms with Gasteiger partial charge in [-0.2, -0.15) is 5.10 Å². The Labute approximate surface area is 118 Å². The van der Waals surface area contributed by atoms with Gasteiger partial charge in [-0.25, -0.2) is 19.4 Å². The molecule has 106 valence electrons. The average Bonchev–Trinajstić information content (AvgIpc) is 3.08. The van der Waals surface area contributed by atoms with Crippen LogP contribution in [0.3, 0.4) is 0 Å². The second-order valence-corrected chi connectivity index (χ2v) is 5.05. The smallest absolute Gasteiger partial charge is 0.355 e. The molecule has 20 heavy (non-hydrogen) atoms. The van der Waals surface area contributed by atoms with Crippen LogP contribution in [0.1, 0.15) is 41.4 Å². The summed E-state index contributed by atoms with van der Waals surface area (Å²) in [7, 11) is 0. The minimum absolute atomic E-state index is 0.0181. The van der Waals surface area contributed by atoms with Crippen molar-refractivity contribution in [3.05, 3.63) is 28.7 Å². The molecule has 9 heteroatoms. The van der Waals surface area contributed by atoms with E-state index in [0.717, 1.165) is 0 Å². The van der Waals surface area contributed by atoms with Crippen molar-refractivity contribution in [2.75, 3.05) is 0 Å². The largest absolute Gasteiger partial charge is 0.476 e. The summed E-state index contributed by atoms with van der Waals surface area (Å²) < 4.78 is 1.44. The summed E-state index contributed by atoms with van der Waals surface area (Å²) in [5.74, 6) is -1.32. The quantitative estimate of drug-likeness (QED) is 0.847. The zero-order valence-corrected chi connectivity index (χ0v) is 11.7. The normalized spacial score (nSPS) is 13.7. The summed E-state index contributed by atoms with van der Waals surface area (Å²) in [6, 6.07) is -0.870. The van der Waals surface area contributed by atoms with Crippen molar-refractivity contribution >= 4 is 23.2 Å². The highest BCUT2D eigenvalue weighted by atomic mass is 32.1. The van der Waals surface area contributed by atoms with E-state index < -0.39 is 12.0 Å². The predicted molar refractivity (Wildman–Crippen MR) is 70.4 cm³/mol. The number of carboxylic acid groups (broad SMARTS) is 1. The van der Waals surface area contributed by atoms with E-state index in [1.165, 1.54) is 34.1 Å². The van der Waals surface area contributed by atoms with Gasteiger partial charge < -0.3 is 10.4 Å². The van der Waals surface area contributed by atoms with Gasteiger partial charge >= 0.3 is 5.97 Å². The molecule has 0 bridgehead atoms. The zero-order chi connectivity index (χ0) is 14.7. The minimum atomic E-state index is -1.08. The highest BCUT2D eigenvalue weighted by Crippen LogP contribution is 2.18. The molecule has 2 heterocycles. The molecule has 0 saturated carbocycles. The number of nitrogens with one attached hydrogen (secondary N) is 1. The van der Waals surface area contributed by atoms with Gasteiger partial charge in [0, 0.05) is 5.38 Å². The summed E-state index contributed by atoms with van der Waals surface area (Å²) >= 11 is 1.20. The highest BCUT2D eigenvalue weighted by Gasteiger charge is 2.20. The molecule has 2 aromatic heterocycles. The lowest BCUT2D eigenvalue weighted by Crippen LogP contribution is -2.33. The Hall–Kier alpha value is -2.29. The molecule has 0 saturated heterocycles. The van der Waals surface area contributed by atoms with Crippen LogP contribution in [-0.4, -0.2) is 36.7 Å². The zero-order valence-electron chi connectivity index (χ0n) is 10.8. The Morgan fingerprint density at radius 2 is 2.20 bits per heavy atom. The maximum atomic E-state index is 12.0. The molecule has 2 rings (SSSR count). The molecular weight excluding hydrogens is 282 g/mol. The fourth-order valence-corrected chi connectivity index (χ4v) is 2.32. The molecule has 2 atom stereocenters. The number of amides is 1. The molecule has 0 radical (unpaired) electrons. The van der Waals surface area contributed by atoms with E-state index in [-0.39, 0.29) is 17.6 Å². The Kier molecular flexibility index (Phi) is 4.08. The second kappa shape index (κ2) is 5.78. The van der Waals surface area contributed by atoms with Gasteiger partial charge in [0.25, 0.3) is 0 Å². The van der Waals surface area contributed by atoms with Crippen LogP contribution in [0.2, 0.25) is 0 Å². The SMILES string of the molecule is CC(NC(=O)C(C)n1cncn1)c1nc(C(=O)O)cs1. The molecule has 0 fully saturated rings. The van der Waals surface area contributed by atoms with Gasteiger partial charge in [-0.15, -0.1) is 11.3 Å². The van der Waals surface area contributed by atoms with Gasteiger partial charge in [0.05, 0.1) is 6.04 Å². The summed E-state index contributed by atoms with van der Waals surface area (Å²) in [5.41, 5.74) is -0.0181. The van der Waals surface area contributed by atoms with E-state index in [4.69, 9.17) is 5.11 Å². The Morgan fingerprint density at radius 1 is 1.45 bits per heavy atom. The monoisotopic (exact) mass is 295 g/mol. The maximum absolute atomic E-state index is 12.0. The Morgan fingerprint density at radius 3 is 2.75 bits per heavy atom. The van der Waals surface area contributed by atoms with Crippen molar-refractivity contribution in [3.63, 3.8) is 0 Å². The van der Waals surface area contributed by atoms with Crippen LogP contribution in [0.4, 0.5) is 0 Å². The number of aromatic nitrogens is 4. The lowest BCUT2D eigenvalue weighted by atomic mass is 10.3. The first-order chi connectivity index (χ1) is 9.49. The summed E-state index contributed by atoms with van der Waals surface area (Å²) in [5, 5.41) is 17.5. The predicted octanol–water partition coefficient (Wildman–Crippen LogP) is 0.871. The highest BCUT2D eigenvalue weighted by molar-refractivity contribution is 7.09. The van der Waals surface area contributed by atoms with E-state index in [1.807, 2.05) is 0 Å². The molecule has 0 aliphatic carbocycles. The molecule has 8 nitrogen and oxygen atoms in total. The van der Waals surface area contributed by atoms with Crippen LogP contribution in [0.25, 0.3) is 0 Å². The van der Waals surface area contributed by atoms with Gasteiger partial charge in [-0.3, -0.25) is 4.79 Å². The van der Waals surface area contributed by atoms with Crippen molar-refractivity contribution in [1.82, 2.24) is 25.1 Å². The summed E-state index contributed by atoms with van der Waals surface area (Å²) in [6.45, 7) is 3.44. The van der Waals surface area contributed by atoms with E-state index in [1.54, 1.807) is 13.8 Å². The summed E-state index contributed by atoms with van der Waals surface area (Å²) in [6.07, 6.45) is 2.81. The number of thiazole rings is 1. The third-order valence-corrected chi connectivity index (χ3v) is 3.71. The molecular formula is C11H13N5O3S. The van der Waals surface area contributed by atoms with Gasteiger partial charge in [0.1, 0.15) is 23.7 Å². The summed E-state index contributed by atoms with van der Waals surface area (Å²) in [4.78, 5) is 30.5. The molecule has 0 aliphatic heterocycles. The molecule has 2 unspecified atom stereocenters. The van der Waals surface area contributed by atoms with E-state index in [2.05, 4.69) is 20.4 Å². The number of carboxylic acids is 1. The molecule has 2 aromatic rings. The van der Waals surface area contributed by atoms with Crippen LogP contribution < -0.4 is 5.32 Å². The van der Waals surface area contributed by atoms with Gasteiger partial charge in [-0.1, -0.05) is 0 Å². The van der Waals surface area contributed by atoms with Crippen molar-refractivity contribution in [1.29, 1.82) is 0 Å². The number of nitrogens with zero attached hydrogens (tertiary/aromatic N) is 4. The Balaban J connectivity index is 2.01. The second-order valence-electron chi connectivity index (χ2n) is 4.16. The lowest BCUT2D eigenvalue weighted by Gasteiger charge is -2.15. The van der Waals surface area contributed by atoms with Crippen molar-refractivity contribution in [3.8, 4) is 0 Å². The number of hydrogen-bond donors (Lipinski definition) is 2. The molecule has 0 aliphatic rings. The van der Waals surface area contributed by atoms with Gasteiger partial charge in [-0.05, 0) is 13.8 Å². The first-order valence-corrected chi connectivity index (χ1v) is 6.70. The van der Waals surface area contributed by atoms with Crippen LogP contribution in [-0.2, 0) is 4.79 Å². The van der Waals surface area contributed by atoms with Gasteiger partial charge in [0.15, 0.2) is 5.69 Å². The first kappa shape index (κ1) is 14.1. The fourth-order valence-electron chi connectivity index (χ4n) is 1.52.